The van der Waals surface area contributed by atoms with Gasteiger partial charge >= 0.3 is 0 Å². The van der Waals surface area contributed by atoms with E-state index in [0.717, 1.165) is 35.9 Å². The number of hydrogen-bond acceptors (Lipinski definition) is 2. The molecule has 0 radical (unpaired) electrons. The highest BCUT2D eigenvalue weighted by molar-refractivity contribution is 9.10. The summed E-state index contributed by atoms with van der Waals surface area (Å²) in [5.41, 5.74) is 0. The van der Waals surface area contributed by atoms with Gasteiger partial charge in [-0.15, -0.1) is 0 Å². The molecule has 1 fully saturated rings. The largest absolute Gasteiger partial charge is 0.488 e. The molecule has 4 heteroatoms. The Bertz CT molecular complexity index is 458. The third-order valence-electron chi connectivity index (χ3n) is 3.29. The number of nitriles is 1. The number of nitrogens with zero attached hydrogens (tertiary/aromatic N) is 1. The molecule has 2 rings (SSSR count). The zero-order valence-electron chi connectivity index (χ0n) is 10.0. The second kappa shape index (κ2) is 6.45. The first-order chi connectivity index (χ1) is 8.70. The van der Waals surface area contributed by atoms with Crippen molar-refractivity contribution in [3.8, 4) is 11.8 Å². The van der Waals surface area contributed by atoms with Gasteiger partial charge in [-0.1, -0.05) is 24.4 Å². The normalized spacial score (nSPS) is 24.1. The first kappa shape index (κ1) is 13.7. The molecule has 1 aliphatic rings. The summed E-state index contributed by atoms with van der Waals surface area (Å²) in [5, 5.41) is 9.89. The maximum Gasteiger partial charge on any atom is 0.134 e. The van der Waals surface area contributed by atoms with E-state index in [2.05, 4.69) is 22.0 Å². The third kappa shape index (κ3) is 3.40. The molecule has 96 valence electrons. The third-order valence-corrected chi connectivity index (χ3v) is 4.15. The average molecular weight is 329 g/mol. The Labute approximate surface area is 121 Å². The molecule has 2 unspecified atom stereocenters. The number of benzene rings is 1. The van der Waals surface area contributed by atoms with Crippen molar-refractivity contribution in [1.29, 1.82) is 5.26 Å². The summed E-state index contributed by atoms with van der Waals surface area (Å²) in [6, 6.07) is 7.85. The highest BCUT2D eigenvalue weighted by Crippen LogP contribution is 2.32. The van der Waals surface area contributed by atoms with Crippen LogP contribution < -0.4 is 4.74 Å². The summed E-state index contributed by atoms with van der Waals surface area (Å²) < 4.78 is 6.84. The van der Waals surface area contributed by atoms with Crippen LogP contribution in [-0.2, 0) is 0 Å². The van der Waals surface area contributed by atoms with Crippen molar-refractivity contribution < 1.29 is 4.74 Å². The number of rotatable bonds is 2. The zero-order valence-corrected chi connectivity index (χ0v) is 12.4. The highest BCUT2D eigenvalue weighted by atomic mass is 79.9. The second-order valence-electron chi connectivity index (χ2n) is 4.60. The molecule has 1 aliphatic carbocycles. The van der Waals surface area contributed by atoms with Crippen molar-refractivity contribution in [2.75, 3.05) is 0 Å². The van der Waals surface area contributed by atoms with Crippen LogP contribution in [0.25, 0.3) is 0 Å². The maximum atomic E-state index is 9.22. The molecule has 1 aromatic carbocycles. The first-order valence-electron chi connectivity index (χ1n) is 6.22. The van der Waals surface area contributed by atoms with Gasteiger partial charge in [0.15, 0.2) is 0 Å². The average Bonchev–Trinajstić information content (AvgIpc) is 2.57. The van der Waals surface area contributed by atoms with Crippen LogP contribution in [0.4, 0.5) is 0 Å². The standard InChI is InChI=1S/C14H15BrClNO/c15-12-8-11(16)6-7-14(12)18-13-5-3-1-2-4-10(13)9-17/h6-8,10,13H,1-5H2. The molecule has 0 bridgehead atoms. The van der Waals surface area contributed by atoms with Gasteiger partial charge in [0.05, 0.1) is 16.5 Å². The molecule has 2 nitrogen and oxygen atoms in total. The van der Waals surface area contributed by atoms with E-state index in [1.807, 2.05) is 12.1 Å². The SMILES string of the molecule is N#CC1CCCCCC1Oc1ccc(Cl)cc1Br. The van der Waals surface area contributed by atoms with Gasteiger partial charge in [0.2, 0.25) is 0 Å². The van der Waals surface area contributed by atoms with Crippen LogP contribution in [0.15, 0.2) is 22.7 Å². The zero-order chi connectivity index (χ0) is 13.0. The van der Waals surface area contributed by atoms with Crippen LogP contribution >= 0.6 is 27.5 Å². The van der Waals surface area contributed by atoms with E-state index in [0.29, 0.717) is 5.02 Å². The molecule has 1 saturated carbocycles. The highest BCUT2D eigenvalue weighted by Gasteiger charge is 2.25. The van der Waals surface area contributed by atoms with Crippen LogP contribution in [0.5, 0.6) is 5.75 Å². The molecule has 0 heterocycles. The minimum Gasteiger partial charge on any atom is -0.488 e. The van der Waals surface area contributed by atoms with Gasteiger partial charge in [0, 0.05) is 5.02 Å². The molecule has 2 atom stereocenters. The first-order valence-corrected chi connectivity index (χ1v) is 7.39. The van der Waals surface area contributed by atoms with E-state index in [-0.39, 0.29) is 12.0 Å². The molecule has 0 saturated heterocycles. The molecule has 0 amide bonds. The molecule has 0 aliphatic heterocycles. The predicted molar refractivity (Wildman–Crippen MR) is 75.8 cm³/mol. The summed E-state index contributed by atoms with van der Waals surface area (Å²) in [6.45, 7) is 0. The van der Waals surface area contributed by atoms with Crippen LogP contribution in [0.2, 0.25) is 5.02 Å². The lowest BCUT2D eigenvalue weighted by Crippen LogP contribution is -2.25. The van der Waals surface area contributed by atoms with Gasteiger partial charge in [-0.05, 0) is 53.4 Å². The summed E-state index contributed by atoms with van der Waals surface area (Å²) in [7, 11) is 0. The fourth-order valence-corrected chi connectivity index (χ4v) is 3.07. The maximum absolute atomic E-state index is 9.22. The van der Waals surface area contributed by atoms with Gasteiger partial charge < -0.3 is 4.74 Å². The van der Waals surface area contributed by atoms with Crippen LogP contribution in [0, 0.1) is 17.2 Å². The smallest absolute Gasteiger partial charge is 0.134 e. The Kier molecular flexibility index (Phi) is 4.91. The summed E-state index contributed by atoms with van der Waals surface area (Å²) >= 11 is 9.35. The van der Waals surface area contributed by atoms with Crippen molar-refractivity contribution in [2.45, 2.75) is 38.2 Å². The Hall–Kier alpha value is -0.720. The molecule has 0 spiro atoms. The van der Waals surface area contributed by atoms with Gasteiger partial charge in [0.1, 0.15) is 11.9 Å². The fraction of sp³-hybridized carbons (Fsp3) is 0.500. The van der Waals surface area contributed by atoms with Crippen molar-refractivity contribution in [1.82, 2.24) is 0 Å². The number of ether oxygens (including phenoxy) is 1. The van der Waals surface area contributed by atoms with Crippen molar-refractivity contribution in [3.05, 3.63) is 27.7 Å². The van der Waals surface area contributed by atoms with E-state index in [4.69, 9.17) is 16.3 Å². The van der Waals surface area contributed by atoms with E-state index in [1.165, 1.54) is 6.42 Å². The molecular weight excluding hydrogens is 314 g/mol. The minimum absolute atomic E-state index is 0.00456. The van der Waals surface area contributed by atoms with E-state index < -0.39 is 0 Å². The van der Waals surface area contributed by atoms with Gasteiger partial charge in [-0.25, -0.2) is 0 Å². The van der Waals surface area contributed by atoms with E-state index in [9.17, 15) is 5.26 Å². The van der Waals surface area contributed by atoms with E-state index >= 15 is 0 Å². The van der Waals surface area contributed by atoms with Crippen molar-refractivity contribution in [2.24, 2.45) is 5.92 Å². The van der Waals surface area contributed by atoms with Gasteiger partial charge in [-0.3, -0.25) is 0 Å². The Morgan fingerprint density at radius 1 is 1.28 bits per heavy atom. The predicted octanol–water partition coefficient (Wildman–Crippen LogP) is 4.95. The topological polar surface area (TPSA) is 33.0 Å². The van der Waals surface area contributed by atoms with Gasteiger partial charge in [0.25, 0.3) is 0 Å². The van der Waals surface area contributed by atoms with Crippen molar-refractivity contribution >= 4 is 27.5 Å². The quantitative estimate of drug-likeness (QED) is 0.719. The minimum atomic E-state index is -0.00465. The molecule has 0 N–H and O–H groups in total. The molecule has 1 aromatic rings. The Morgan fingerprint density at radius 3 is 2.78 bits per heavy atom. The molecular formula is C14H15BrClNO. The summed E-state index contributed by atoms with van der Waals surface area (Å²) in [5.74, 6) is 0.765. The van der Waals surface area contributed by atoms with E-state index in [1.54, 1.807) is 6.07 Å². The lowest BCUT2D eigenvalue weighted by molar-refractivity contribution is 0.151. The summed E-state index contributed by atoms with van der Waals surface area (Å²) in [4.78, 5) is 0. The number of hydrogen-bond donors (Lipinski definition) is 0. The van der Waals surface area contributed by atoms with Crippen LogP contribution in [0.3, 0.4) is 0 Å². The lowest BCUT2D eigenvalue weighted by Gasteiger charge is -2.22. The van der Waals surface area contributed by atoms with Crippen molar-refractivity contribution in [3.63, 3.8) is 0 Å². The number of halogens is 2. The van der Waals surface area contributed by atoms with Crippen LogP contribution in [-0.4, -0.2) is 6.10 Å². The Balaban J connectivity index is 2.13. The second-order valence-corrected chi connectivity index (χ2v) is 5.90. The monoisotopic (exact) mass is 327 g/mol. The van der Waals surface area contributed by atoms with Crippen LogP contribution in [0.1, 0.15) is 32.1 Å². The molecule has 18 heavy (non-hydrogen) atoms. The fourth-order valence-electron chi connectivity index (χ4n) is 2.30. The van der Waals surface area contributed by atoms with Gasteiger partial charge in [-0.2, -0.15) is 5.26 Å². The molecule has 0 aromatic heterocycles. The Morgan fingerprint density at radius 2 is 2.06 bits per heavy atom. The lowest BCUT2D eigenvalue weighted by atomic mass is 9.99. The summed E-state index contributed by atoms with van der Waals surface area (Å²) in [6.07, 6.45) is 5.34.